The molecule has 1 atom stereocenters. The first-order valence-corrected chi connectivity index (χ1v) is 8.38. The fraction of sp³-hybridized carbons (Fsp3) is 0.500. The number of aromatic nitrogens is 2. The average molecular weight is 337 g/mol. The fourth-order valence-corrected chi connectivity index (χ4v) is 3.57. The van der Waals surface area contributed by atoms with E-state index in [2.05, 4.69) is 22.0 Å². The van der Waals surface area contributed by atoms with Crippen LogP contribution in [0.25, 0.3) is 0 Å². The predicted octanol–water partition coefficient (Wildman–Crippen LogP) is 4.37. The minimum Gasteiger partial charge on any atom is -0.298 e. The van der Waals surface area contributed by atoms with Gasteiger partial charge in [-0.25, -0.2) is 0 Å². The van der Waals surface area contributed by atoms with Crippen LogP contribution in [0.1, 0.15) is 48.1 Å². The molecular weight excluding hydrogens is 315 g/mol. The maximum Gasteiger partial charge on any atom is 0.416 e. The van der Waals surface area contributed by atoms with Crippen molar-refractivity contribution < 1.29 is 13.2 Å². The molecule has 0 bridgehead atoms. The van der Waals surface area contributed by atoms with E-state index in [1.807, 2.05) is 6.20 Å². The molecule has 2 heterocycles. The van der Waals surface area contributed by atoms with Gasteiger partial charge in [-0.15, -0.1) is 0 Å². The van der Waals surface area contributed by atoms with Crippen molar-refractivity contribution in [2.24, 2.45) is 0 Å². The summed E-state index contributed by atoms with van der Waals surface area (Å²) < 4.78 is 39.5. The number of likely N-dealkylation sites (tertiary alicyclic amines) is 1. The zero-order chi connectivity index (χ0) is 17.2. The van der Waals surface area contributed by atoms with E-state index in [0.717, 1.165) is 38.0 Å². The lowest BCUT2D eigenvalue weighted by Crippen LogP contribution is -2.34. The molecule has 0 saturated carbocycles. The smallest absolute Gasteiger partial charge is 0.298 e. The molecule has 24 heavy (non-hydrogen) atoms. The first kappa shape index (κ1) is 17.0. The van der Waals surface area contributed by atoms with Gasteiger partial charge in [-0.3, -0.25) is 10.00 Å². The lowest BCUT2D eigenvalue weighted by Gasteiger charge is -2.33. The molecule has 0 aliphatic carbocycles. The molecule has 0 radical (unpaired) electrons. The quantitative estimate of drug-likeness (QED) is 0.898. The molecule has 0 amide bonds. The molecule has 1 aromatic heterocycles. The highest BCUT2D eigenvalue weighted by atomic mass is 19.4. The van der Waals surface area contributed by atoms with Gasteiger partial charge in [0.1, 0.15) is 0 Å². The number of halogens is 3. The summed E-state index contributed by atoms with van der Waals surface area (Å²) in [5.74, 6) is 0.314. The number of hydrogen-bond acceptors (Lipinski definition) is 2. The molecule has 1 aliphatic heterocycles. The van der Waals surface area contributed by atoms with Gasteiger partial charge in [0.05, 0.1) is 11.8 Å². The Bertz CT molecular complexity index is 678. The molecule has 0 spiro atoms. The van der Waals surface area contributed by atoms with Crippen LogP contribution in [-0.2, 0) is 19.1 Å². The monoisotopic (exact) mass is 337 g/mol. The van der Waals surface area contributed by atoms with Crippen molar-refractivity contribution in [1.29, 1.82) is 0 Å². The van der Waals surface area contributed by atoms with E-state index in [1.165, 1.54) is 17.7 Å². The summed E-state index contributed by atoms with van der Waals surface area (Å²) >= 11 is 0. The summed E-state index contributed by atoms with van der Waals surface area (Å²) in [6, 6.07) is 5.88. The Labute approximate surface area is 139 Å². The van der Waals surface area contributed by atoms with E-state index in [-0.39, 0.29) is 0 Å². The molecule has 1 aromatic carbocycles. The van der Waals surface area contributed by atoms with Crippen molar-refractivity contribution in [2.75, 3.05) is 13.1 Å². The number of H-pyrrole nitrogens is 1. The second kappa shape index (κ2) is 6.97. The van der Waals surface area contributed by atoms with Crippen LogP contribution in [-0.4, -0.2) is 28.2 Å². The maximum atomic E-state index is 13.2. The number of alkyl halides is 3. The third-order valence-electron chi connectivity index (χ3n) is 4.76. The average Bonchev–Trinajstić information content (AvgIpc) is 3.03. The van der Waals surface area contributed by atoms with Crippen molar-refractivity contribution in [2.45, 2.75) is 44.8 Å². The van der Waals surface area contributed by atoms with Crippen molar-refractivity contribution in [1.82, 2.24) is 15.1 Å². The molecule has 1 fully saturated rings. The zero-order valence-corrected chi connectivity index (χ0v) is 13.7. The largest absolute Gasteiger partial charge is 0.416 e. The van der Waals surface area contributed by atoms with Crippen LogP contribution >= 0.6 is 0 Å². The zero-order valence-electron chi connectivity index (χ0n) is 13.7. The minimum atomic E-state index is -4.30. The number of piperidine rings is 1. The summed E-state index contributed by atoms with van der Waals surface area (Å²) in [7, 11) is 0. The van der Waals surface area contributed by atoms with Gasteiger partial charge in [-0.05, 0) is 43.0 Å². The number of nitrogens with zero attached hydrogens (tertiary/aromatic N) is 2. The van der Waals surface area contributed by atoms with Gasteiger partial charge >= 0.3 is 6.18 Å². The third kappa shape index (κ3) is 3.64. The summed E-state index contributed by atoms with van der Waals surface area (Å²) in [5.41, 5.74) is 2.18. The van der Waals surface area contributed by atoms with Gasteiger partial charge in [0.2, 0.25) is 0 Å². The molecule has 2 aromatic rings. The Kier molecular flexibility index (Phi) is 4.94. The Morgan fingerprint density at radius 1 is 1.25 bits per heavy atom. The Morgan fingerprint density at radius 2 is 2.04 bits per heavy atom. The topological polar surface area (TPSA) is 31.9 Å². The second-order valence-electron chi connectivity index (χ2n) is 6.39. The van der Waals surface area contributed by atoms with Gasteiger partial charge in [-0.1, -0.05) is 25.1 Å². The SMILES string of the molecule is CCc1cn[nH]c1C1CCCN(Cc2ccccc2C(F)(F)F)C1. The predicted molar refractivity (Wildman–Crippen MR) is 86.7 cm³/mol. The van der Waals surface area contributed by atoms with Crippen LogP contribution in [0.3, 0.4) is 0 Å². The van der Waals surface area contributed by atoms with Crippen LogP contribution in [0.2, 0.25) is 0 Å². The number of rotatable bonds is 4. The van der Waals surface area contributed by atoms with E-state index in [4.69, 9.17) is 0 Å². The summed E-state index contributed by atoms with van der Waals surface area (Å²) in [5, 5.41) is 7.22. The van der Waals surface area contributed by atoms with E-state index < -0.39 is 11.7 Å². The summed E-state index contributed by atoms with van der Waals surface area (Å²) in [4.78, 5) is 2.12. The van der Waals surface area contributed by atoms with Crippen molar-refractivity contribution in [3.63, 3.8) is 0 Å². The number of aromatic amines is 1. The van der Waals surface area contributed by atoms with Crippen LogP contribution in [0.4, 0.5) is 13.2 Å². The lowest BCUT2D eigenvalue weighted by atomic mass is 9.91. The lowest BCUT2D eigenvalue weighted by molar-refractivity contribution is -0.138. The van der Waals surface area contributed by atoms with E-state index in [1.54, 1.807) is 12.1 Å². The van der Waals surface area contributed by atoms with Gasteiger partial charge < -0.3 is 0 Å². The van der Waals surface area contributed by atoms with Gasteiger partial charge in [-0.2, -0.15) is 18.3 Å². The highest BCUT2D eigenvalue weighted by molar-refractivity contribution is 5.30. The number of hydrogen-bond donors (Lipinski definition) is 1. The highest BCUT2D eigenvalue weighted by Gasteiger charge is 2.34. The van der Waals surface area contributed by atoms with Crippen molar-refractivity contribution in [3.8, 4) is 0 Å². The number of nitrogens with one attached hydrogen (secondary N) is 1. The molecule has 3 nitrogen and oxygen atoms in total. The Balaban J connectivity index is 1.75. The molecular formula is C18H22F3N3. The van der Waals surface area contributed by atoms with Crippen LogP contribution in [0.5, 0.6) is 0 Å². The molecule has 1 aliphatic rings. The van der Waals surface area contributed by atoms with Crippen LogP contribution in [0, 0.1) is 0 Å². The summed E-state index contributed by atoms with van der Waals surface area (Å²) in [6.45, 7) is 4.02. The first-order valence-electron chi connectivity index (χ1n) is 8.38. The van der Waals surface area contributed by atoms with Gasteiger partial charge in [0, 0.05) is 24.7 Å². The maximum absolute atomic E-state index is 13.2. The van der Waals surface area contributed by atoms with Gasteiger partial charge in [0.15, 0.2) is 0 Å². The van der Waals surface area contributed by atoms with E-state index >= 15 is 0 Å². The van der Waals surface area contributed by atoms with E-state index in [9.17, 15) is 13.2 Å². The second-order valence-corrected chi connectivity index (χ2v) is 6.39. The molecule has 3 rings (SSSR count). The molecule has 1 unspecified atom stereocenters. The normalized spacial score (nSPS) is 19.6. The number of benzene rings is 1. The Morgan fingerprint density at radius 3 is 2.79 bits per heavy atom. The van der Waals surface area contributed by atoms with Crippen LogP contribution in [0.15, 0.2) is 30.5 Å². The highest BCUT2D eigenvalue weighted by Crippen LogP contribution is 2.34. The third-order valence-corrected chi connectivity index (χ3v) is 4.76. The number of aryl methyl sites for hydroxylation is 1. The van der Waals surface area contributed by atoms with Crippen molar-refractivity contribution >= 4 is 0 Å². The standard InChI is InChI=1S/C18H22F3N3/c1-2-13-10-22-23-17(13)15-7-5-9-24(12-15)11-14-6-3-4-8-16(14)18(19,20)21/h3-4,6,8,10,15H,2,5,7,9,11-12H2,1H3,(H,22,23). The molecule has 1 saturated heterocycles. The summed E-state index contributed by atoms with van der Waals surface area (Å²) in [6.07, 6.45) is 0.505. The minimum absolute atomic E-state index is 0.314. The van der Waals surface area contributed by atoms with Crippen LogP contribution < -0.4 is 0 Å². The van der Waals surface area contributed by atoms with Crippen molar-refractivity contribution in [3.05, 3.63) is 52.8 Å². The molecule has 1 N–H and O–H groups in total. The Hall–Kier alpha value is -1.82. The fourth-order valence-electron chi connectivity index (χ4n) is 3.57. The van der Waals surface area contributed by atoms with Gasteiger partial charge in [0.25, 0.3) is 0 Å². The molecule has 6 heteroatoms. The molecule has 130 valence electrons. The van der Waals surface area contributed by atoms with E-state index in [0.29, 0.717) is 18.0 Å². The first-order chi connectivity index (χ1) is 11.5.